The molecule has 1 aromatic rings. The monoisotopic (exact) mass is 306 g/mol. The van der Waals surface area contributed by atoms with Gasteiger partial charge in [-0.25, -0.2) is 0 Å². The van der Waals surface area contributed by atoms with Crippen LogP contribution in [0, 0.1) is 0 Å². The number of benzene rings is 1. The van der Waals surface area contributed by atoms with Gasteiger partial charge in [-0.3, -0.25) is 4.79 Å². The standard InChI is InChI=1S/C18H30N2O2/c1-2-3-4-5-6-7-8-9-10-11-18(21)22-17-13-12-15(19)14-16(17)20/h12-14H,2-11,19-20H2,1H3. The Hall–Kier alpha value is -1.71. The lowest BCUT2D eigenvalue weighted by Gasteiger charge is -2.07. The first-order chi connectivity index (χ1) is 10.6. The van der Waals surface area contributed by atoms with Gasteiger partial charge >= 0.3 is 5.97 Å². The van der Waals surface area contributed by atoms with Gasteiger partial charge in [0.1, 0.15) is 0 Å². The van der Waals surface area contributed by atoms with Gasteiger partial charge in [0.05, 0.1) is 5.69 Å². The van der Waals surface area contributed by atoms with E-state index in [9.17, 15) is 4.79 Å². The van der Waals surface area contributed by atoms with Crippen molar-refractivity contribution < 1.29 is 9.53 Å². The number of anilines is 2. The maximum absolute atomic E-state index is 11.7. The Bertz CT molecular complexity index is 447. The van der Waals surface area contributed by atoms with Gasteiger partial charge in [-0.05, 0) is 24.6 Å². The number of carbonyl (C=O) groups is 1. The molecule has 0 radical (unpaired) electrons. The largest absolute Gasteiger partial charge is 0.424 e. The van der Waals surface area contributed by atoms with Crippen molar-refractivity contribution in [3.8, 4) is 5.75 Å². The number of hydrogen-bond donors (Lipinski definition) is 2. The highest BCUT2D eigenvalue weighted by molar-refractivity contribution is 5.75. The molecule has 4 heteroatoms. The summed E-state index contributed by atoms with van der Waals surface area (Å²) in [5.74, 6) is 0.176. The minimum Gasteiger partial charge on any atom is -0.424 e. The number of nitrogen functional groups attached to an aromatic ring is 2. The fourth-order valence-electron chi connectivity index (χ4n) is 2.41. The molecule has 0 aliphatic heterocycles. The summed E-state index contributed by atoms with van der Waals surface area (Å²) in [6.07, 6.45) is 11.5. The van der Waals surface area contributed by atoms with E-state index < -0.39 is 0 Å². The fraction of sp³-hybridized carbons (Fsp3) is 0.611. The summed E-state index contributed by atoms with van der Waals surface area (Å²) in [6.45, 7) is 2.23. The number of carbonyl (C=O) groups excluding carboxylic acids is 1. The summed E-state index contributed by atoms with van der Waals surface area (Å²) >= 11 is 0. The van der Waals surface area contributed by atoms with E-state index >= 15 is 0 Å². The van der Waals surface area contributed by atoms with E-state index in [-0.39, 0.29) is 5.97 Å². The van der Waals surface area contributed by atoms with Crippen molar-refractivity contribution >= 4 is 17.3 Å². The van der Waals surface area contributed by atoms with Gasteiger partial charge in [0, 0.05) is 12.1 Å². The lowest BCUT2D eigenvalue weighted by atomic mass is 10.1. The first kappa shape index (κ1) is 18.3. The summed E-state index contributed by atoms with van der Waals surface area (Å²) < 4.78 is 5.25. The molecule has 0 atom stereocenters. The van der Waals surface area contributed by atoms with Gasteiger partial charge in [-0.1, -0.05) is 58.3 Å². The van der Waals surface area contributed by atoms with E-state index in [2.05, 4.69) is 6.92 Å². The second-order valence-corrected chi connectivity index (χ2v) is 5.85. The first-order valence-electron chi connectivity index (χ1n) is 8.49. The number of esters is 1. The van der Waals surface area contributed by atoms with Crippen LogP contribution in [0.4, 0.5) is 11.4 Å². The van der Waals surface area contributed by atoms with Gasteiger partial charge in [-0.15, -0.1) is 0 Å². The maximum Gasteiger partial charge on any atom is 0.311 e. The normalized spacial score (nSPS) is 10.6. The average Bonchev–Trinajstić information content (AvgIpc) is 2.48. The van der Waals surface area contributed by atoms with E-state index in [4.69, 9.17) is 16.2 Å². The number of rotatable bonds is 11. The van der Waals surface area contributed by atoms with Crippen LogP contribution in [-0.4, -0.2) is 5.97 Å². The van der Waals surface area contributed by atoms with Crippen molar-refractivity contribution in [1.29, 1.82) is 0 Å². The zero-order chi connectivity index (χ0) is 16.2. The number of nitrogens with two attached hydrogens (primary N) is 2. The average molecular weight is 306 g/mol. The number of ether oxygens (including phenoxy) is 1. The second-order valence-electron chi connectivity index (χ2n) is 5.85. The fourth-order valence-corrected chi connectivity index (χ4v) is 2.41. The highest BCUT2D eigenvalue weighted by atomic mass is 16.5. The van der Waals surface area contributed by atoms with Crippen molar-refractivity contribution in [3.63, 3.8) is 0 Å². The van der Waals surface area contributed by atoms with Crippen molar-refractivity contribution in [2.75, 3.05) is 11.5 Å². The van der Waals surface area contributed by atoms with Gasteiger partial charge in [-0.2, -0.15) is 0 Å². The predicted molar refractivity (Wildman–Crippen MR) is 92.7 cm³/mol. The van der Waals surface area contributed by atoms with E-state index in [1.807, 2.05) is 0 Å². The summed E-state index contributed by atoms with van der Waals surface area (Å²) in [7, 11) is 0. The molecular formula is C18H30N2O2. The summed E-state index contributed by atoms with van der Waals surface area (Å²) in [6, 6.07) is 4.91. The Labute approximate surface area is 134 Å². The van der Waals surface area contributed by atoms with Crippen LogP contribution in [0.25, 0.3) is 0 Å². The minimum atomic E-state index is -0.223. The molecule has 0 saturated carbocycles. The zero-order valence-corrected chi connectivity index (χ0v) is 13.8. The minimum absolute atomic E-state index is 0.223. The van der Waals surface area contributed by atoms with Crippen molar-refractivity contribution in [2.45, 2.75) is 71.1 Å². The molecule has 0 bridgehead atoms. The Morgan fingerprint density at radius 1 is 0.955 bits per heavy atom. The van der Waals surface area contributed by atoms with Crippen LogP contribution in [-0.2, 0) is 4.79 Å². The van der Waals surface area contributed by atoms with E-state index in [0.29, 0.717) is 23.5 Å². The third kappa shape index (κ3) is 7.91. The number of unbranched alkanes of at least 4 members (excludes halogenated alkanes) is 8. The van der Waals surface area contributed by atoms with Crippen LogP contribution in [0.5, 0.6) is 5.75 Å². The Balaban J connectivity index is 2.06. The number of hydrogen-bond acceptors (Lipinski definition) is 4. The van der Waals surface area contributed by atoms with Crippen LogP contribution in [0.15, 0.2) is 18.2 Å². The topological polar surface area (TPSA) is 78.3 Å². The molecule has 0 aliphatic rings. The molecular weight excluding hydrogens is 276 g/mol. The van der Waals surface area contributed by atoms with Gasteiger partial charge in [0.25, 0.3) is 0 Å². The molecule has 0 aliphatic carbocycles. The Morgan fingerprint density at radius 2 is 1.55 bits per heavy atom. The Kier molecular flexibility index (Phi) is 9.12. The van der Waals surface area contributed by atoms with Crippen molar-refractivity contribution in [1.82, 2.24) is 0 Å². The summed E-state index contributed by atoms with van der Waals surface area (Å²) in [4.78, 5) is 11.7. The smallest absolute Gasteiger partial charge is 0.311 e. The van der Waals surface area contributed by atoms with Crippen LogP contribution in [0.3, 0.4) is 0 Å². The predicted octanol–water partition coefficient (Wildman–Crippen LogP) is 4.68. The second kappa shape index (κ2) is 10.9. The highest BCUT2D eigenvalue weighted by Crippen LogP contribution is 2.24. The SMILES string of the molecule is CCCCCCCCCCCC(=O)Oc1ccc(N)cc1N. The van der Waals surface area contributed by atoms with Gasteiger partial charge < -0.3 is 16.2 Å². The molecule has 4 nitrogen and oxygen atoms in total. The molecule has 0 amide bonds. The van der Waals surface area contributed by atoms with E-state index in [1.165, 1.54) is 44.9 Å². The van der Waals surface area contributed by atoms with Crippen LogP contribution < -0.4 is 16.2 Å². The molecule has 0 spiro atoms. The van der Waals surface area contributed by atoms with Crippen molar-refractivity contribution in [3.05, 3.63) is 18.2 Å². The van der Waals surface area contributed by atoms with E-state index in [1.54, 1.807) is 18.2 Å². The van der Waals surface area contributed by atoms with Gasteiger partial charge in [0.2, 0.25) is 0 Å². The molecule has 0 saturated heterocycles. The maximum atomic E-state index is 11.7. The Morgan fingerprint density at radius 3 is 2.14 bits per heavy atom. The van der Waals surface area contributed by atoms with Gasteiger partial charge in [0.15, 0.2) is 5.75 Å². The third-order valence-corrected chi connectivity index (χ3v) is 3.74. The molecule has 0 aromatic heterocycles. The zero-order valence-electron chi connectivity index (χ0n) is 13.8. The summed E-state index contributed by atoms with van der Waals surface area (Å²) in [5, 5.41) is 0. The third-order valence-electron chi connectivity index (χ3n) is 3.74. The molecule has 4 N–H and O–H groups in total. The summed E-state index contributed by atoms with van der Waals surface area (Å²) in [5.41, 5.74) is 12.3. The highest BCUT2D eigenvalue weighted by Gasteiger charge is 2.07. The molecule has 0 unspecified atom stereocenters. The lowest BCUT2D eigenvalue weighted by Crippen LogP contribution is -2.09. The van der Waals surface area contributed by atoms with Crippen LogP contribution in [0.2, 0.25) is 0 Å². The lowest BCUT2D eigenvalue weighted by molar-refractivity contribution is -0.134. The van der Waals surface area contributed by atoms with E-state index in [0.717, 1.165) is 12.8 Å². The van der Waals surface area contributed by atoms with Crippen LogP contribution >= 0.6 is 0 Å². The molecule has 22 heavy (non-hydrogen) atoms. The van der Waals surface area contributed by atoms with Crippen LogP contribution in [0.1, 0.15) is 71.1 Å². The first-order valence-corrected chi connectivity index (χ1v) is 8.49. The molecule has 0 heterocycles. The molecule has 124 valence electrons. The molecule has 0 fully saturated rings. The quantitative estimate of drug-likeness (QED) is 0.269. The molecule has 1 aromatic carbocycles. The van der Waals surface area contributed by atoms with Crippen molar-refractivity contribution in [2.24, 2.45) is 0 Å². The molecule has 1 rings (SSSR count).